The maximum Gasteiger partial charge on any atom is 0.239 e. The van der Waals surface area contributed by atoms with Gasteiger partial charge in [-0.3, -0.25) is 4.79 Å². The van der Waals surface area contributed by atoms with Crippen LogP contribution in [-0.2, 0) is 4.79 Å². The van der Waals surface area contributed by atoms with E-state index in [0.29, 0.717) is 6.54 Å². The zero-order valence-corrected chi connectivity index (χ0v) is 11.9. The summed E-state index contributed by atoms with van der Waals surface area (Å²) in [7, 11) is 0. The molecular weight excluding hydrogens is 224 g/mol. The third kappa shape index (κ3) is 4.40. The Bertz CT molecular complexity index is 373. The highest BCUT2D eigenvalue weighted by atomic mass is 16.2. The van der Waals surface area contributed by atoms with Crippen molar-refractivity contribution in [2.45, 2.75) is 39.7 Å². The highest BCUT2D eigenvalue weighted by molar-refractivity contribution is 5.81. The lowest BCUT2D eigenvalue weighted by Crippen LogP contribution is -2.47. The van der Waals surface area contributed by atoms with Gasteiger partial charge in [-0.25, -0.2) is 0 Å². The number of benzene rings is 1. The molecule has 1 aromatic rings. The maximum absolute atomic E-state index is 12.0. The van der Waals surface area contributed by atoms with E-state index in [1.165, 1.54) is 0 Å². The quantitative estimate of drug-likeness (QED) is 0.839. The molecule has 0 spiro atoms. The molecule has 0 saturated heterocycles. The predicted octanol–water partition coefficient (Wildman–Crippen LogP) is 2.82. The molecule has 0 aliphatic carbocycles. The molecule has 3 heteroatoms. The van der Waals surface area contributed by atoms with E-state index in [4.69, 9.17) is 0 Å². The third-order valence-electron chi connectivity index (χ3n) is 3.20. The normalized spacial score (nSPS) is 11.1. The number of nitrogens with zero attached hydrogens (tertiary/aromatic N) is 1. The number of hydrogen-bond acceptors (Lipinski definition) is 2. The number of likely N-dealkylation sites (N-methyl/N-ethyl adjacent to an activating group) is 1. The van der Waals surface area contributed by atoms with E-state index in [2.05, 4.69) is 24.1 Å². The Balaban J connectivity index is 2.62. The van der Waals surface area contributed by atoms with E-state index in [0.717, 1.165) is 18.7 Å². The highest BCUT2D eigenvalue weighted by Crippen LogP contribution is 2.13. The zero-order chi connectivity index (χ0) is 13.6. The summed E-state index contributed by atoms with van der Waals surface area (Å²) in [6, 6.07) is 10.0. The van der Waals surface area contributed by atoms with Gasteiger partial charge in [0.25, 0.3) is 0 Å². The number of anilines is 1. The van der Waals surface area contributed by atoms with Gasteiger partial charge in [0.05, 0.1) is 6.54 Å². The second-order valence-electron chi connectivity index (χ2n) is 5.14. The van der Waals surface area contributed by atoms with Crippen LogP contribution >= 0.6 is 0 Å². The molecule has 0 unspecified atom stereocenters. The van der Waals surface area contributed by atoms with Crippen molar-refractivity contribution in [1.29, 1.82) is 0 Å². The monoisotopic (exact) mass is 248 g/mol. The van der Waals surface area contributed by atoms with E-state index in [1.807, 2.05) is 44.2 Å². The molecule has 3 nitrogen and oxygen atoms in total. The molecule has 0 heterocycles. The summed E-state index contributed by atoms with van der Waals surface area (Å²) >= 11 is 0. The van der Waals surface area contributed by atoms with Gasteiger partial charge in [-0.15, -0.1) is 0 Å². The molecule has 0 radical (unpaired) electrons. The van der Waals surface area contributed by atoms with Crippen LogP contribution in [0.1, 0.15) is 34.1 Å². The van der Waals surface area contributed by atoms with Crippen molar-refractivity contribution in [3.63, 3.8) is 0 Å². The molecule has 0 aromatic heterocycles. The minimum absolute atomic E-state index is 0.0764. The van der Waals surface area contributed by atoms with Gasteiger partial charge in [-0.2, -0.15) is 0 Å². The molecule has 100 valence electrons. The predicted molar refractivity (Wildman–Crippen MR) is 76.8 cm³/mol. The van der Waals surface area contributed by atoms with Crippen LogP contribution in [0.3, 0.4) is 0 Å². The number of amides is 1. The zero-order valence-electron chi connectivity index (χ0n) is 11.9. The lowest BCUT2D eigenvalue weighted by Gasteiger charge is -2.28. The van der Waals surface area contributed by atoms with E-state index in [9.17, 15) is 4.79 Å². The minimum atomic E-state index is -0.132. The van der Waals surface area contributed by atoms with Crippen molar-refractivity contribution in [2.75, 3.05) is 18.0 Å². The number of nitrogens with one attached hydrogen (secondary N) is 1. The third-order valence-corrected chi connectivity index (χ3v) is 3.20. The number of carbonyl (C=O) groups excluding carboxylic acids is 1. The summed E-state index contributed by atoms with van der Waals surface area (Å²) in [4.78, 5) is 14.1. The summed E-state index contributed by atoms with van der Waals surface area (Å²) in [6.07, 6.45) is 0.927. The Kier molecular flexibility index (Phi) is 5.20. The van der Waals surface area contributed by atoms with Crippen molar-refractivity contribution in [1.82, 2.24) is 5.32 Å². The van der Waals surface area contributed by atoms with Crippen LogP contribution in [0.25, 0.3) is 0 Å². The summed E-state index contributed by atoms with van der Waals surface area (Å²) in [5.74, 6) is 0.0764. The van der Waals surface area contributed by atoms with Gasteiger partial charge in [-0.05, 0) is 39.3 Å². The first-order valence-electron chi connectivity index (χ1n) is 6.59. The Labute approximate surface area is 110 Å². The SMILES string of the molecule is CCN(CC(=O)NC(C)(C)CC)c1ccccc1. The van der Waals surface area contributed by atoms with Gasteiger partial charge in [-0.1, -0.05) is 25.1 Å². The lowest BCUT2D eigenvalue weighted by molar-refractivity contribution is -0.121. The molecule has 1 amide bonds. The molecule has 1 rings (SSSR count). The van der Waals surface area contributed by atoms with Gasteiger partial charge in [0.2, 0.25) is 5.91 Å². The van der Waals surface area contributed by atoms with Gasteiger partial charge in [0.1, 0.15) is 0 Å². The molecule has 1 aromatic carbocycles. The Morgan fingerprint density at radius 1 is 1.22 bits per heavy atom. The maximum atomic E-state index is 12.0. The van der Waals surface area contributed by atoms with Crippen LogP contribution in [0.4, 0.5) is 5.69 Å². The first-order chi connectivity index (χ1) is 8.48. The van der Waals surface area contributed by atoms with Gasteiger partial charge >= 0.3 is 0 Å². The van der Waals surface area contributed by atoms with E-state index in [-0.39, 0.29) is 11.4 Å². The highest BCUT2D eigenvalue weighted by Gasteiger charge is 2.19. The second kappa shape index (κ2) is 6.43. The van der Waals surface area contributed by atoms with E-state index < -0.39 is 0 Å². The Hall–Kier alpha value is -1.51. The fourth-order valence-corrected chi connectivity index (χ4v) is 1.70. The average molecular weight is 248 g/mol. The summed E-state index contributed by atoms with van der Waals surface area (Å²) in [5.41, 5.74) is 0.956. The van der Waals surface area contributed by atoms with Crippen molar-refractivity contribution in [3.05, 3.63) is 30.3 Å². The van der Waals surface area contributed by atoms with Gasteiger partial charge < -0.3 is 10.2 Å². The molecule has 0 atom stereocenters. The topological polar surface area (TPSA) is 32.3 Å². The van der Waals surface area contributed by atoms with Gasteiger partial charge in [0, 0.05) is 17.8 Å². The van der Waals surface area contributed by atoms with Crippen molar-refractivity contribution in [2.24, 2.45) is 0 Å². The number of rotatable bonds is 6. The van der Waals surface area contributed by atoms with Crippen LogP contribution in [0, 0.1) is 0 Å². The number of para-hydroxylation sites is 1. The molecule has 0 fully saturated rings. The summed E-state index contributed by atoms with van der Waals surface area (Å²) < 4.78 is 0. The van der Waals surface area contributed by atoms with Crippen molar-refractivity contribution >= 4 is 11.6 Å². The fraction of sp³-hybridized carbons (Fsp3) is 0.533. The smallest absolute Gasteiger partial charge is 0.239 e. The second-order valence-corrected chi connectivity index (χ2v) is 5.14. The van der Waals surface area contributed by atoms with E-state index in [1.54, 1.807) is 0 Å². The molecule has 0 saturated carbocycles. The van der Waals surface area contributed by atoms with Gasteiger partial charge in [0.15, 0.2) is 0 Å². The van der Waals surface area contributed by atoms with Crippen LogP contribution in [-0.4, -0.2) is 24.5 Å². The molecule has 1 N–H and O–H groups in total. The largest absolute Gasteiger partial charge is 0.363 e. The number of carbonyl (C=O) groups is 1. The van der Waals surface area contributed by atoms with Crippen molar-refractivity contribution < 1.29 is 4.79 Å². The first-order valence-corrected chi connectivity index (χ1v) is 6.59. The lowest BCUT2D eigenvalue weighted by atomic mass is 10.0. The van der Waals surface area contributed by atoms with Crippen LogP contribution < -0.4 is 10.2 Å². The fourth-order valence-electron chi connectivity index (χ4n) is 1.70. The molecule has 0 aliphatic heterocycles. The molecule has 18 heavy (non-hydrogen) atoms. The summed E-state index contributed by atoms with van der Waals surface area (Å²) in [6.45, 7) is 9.46. The van der Waals surface area contributed by atoms with E-state index >= 15 is 0 Å². The number of hydrogen-bond donors (Lipinski definition) is 1. The molecular formula is C15H24N2O. The minimum Gasteiger partial charge on any atom is -0.363 e. The standard InChI is InChI=1S/C15H24N2O/c1-5-15(3,4)16-14(18)12-17(6-2)13-10-8-7-9-11-13/h7-11H,5-6,12H2,1-4H3,(H,16,18). The van der Waals surface area contributed by atoms with Crippen LogP contribution in [0.5, 0.6) is 0 Å². The first kappa shape index (κ1) is 14.6. The van der Waals surface area contributed by atoms with Crippen LogP contribution in [0.2, 0.25) is 0 Å². The molecule has 0 aliphatic rings. The van der Waals surface area contributed by atoms with Crippen LogP contribution in [0.15, 0.2) is 30.3 Å². The molecule has 0 bridgehead atoms. The Morgan fingerprint density at radius 2 is 1.83 bits per heavy atom. The Morgan fingerprint density at radius 3 is 2.33 bits per heavy atom. The summed E-state index contributed by atoms with van der Waals surface area (Å²) in [5, 5.41) is 3.06. The van der Waals surface area contributed by atoms with Crippen molar-refractivity contribution in [3.8, 4) is 0 Å². The average Bonchev–Trinajstić information content (AvgIpc) is 2.36.